The maximum Gasteiger partial charge on any atom is 0.407 e. The average Bonchev–Trinajstić information content (AvgIpc) is 2.86. The Morgan fingerprint density at radius 3 is 2.67 bits per heavy atom. The number of hydrogen-bond donors (Lipinski definition) is 2. The Balaban J connectivity index is 2.43. The van der Waals surface area contributed by atoms with Gasteiger partial charge < -0.3 is 20.5 Å². The molecule has 0 bridgehead atoms. The molecule has 21 heavy (non-hydrogen) atoms. The standard InChI is InChI=1S/C13H21N3O4S/c1-13(2,3)10(4-5-19-11(14)17)16-12(18)20-7-9-6-15-8-21-9/h6,8,10H,4-5,7H2,1-3H3,(H2,14,17)(H,16,18). The van der Waals surface area contributed by atoms with Crippen molar-refractivity contribution >= 4 is 23.5 Å². The van der Waals surface area contributed by atoms with Crippen molar-refractivity contribution in [2.45, 2.75) is 39.8 Å². The predicted octanol–water partition coefficient (Wildman–Crippen LogP) is 2.27. The van der Waals surface area contributed by atoms with E-state index in [1.807, 2.05) is 20.8 Å². The number of nitrogens with two attached hydrogens (primary N) is 1. The minimum Gasteiger partial charge on any atom is -0.450 e. The molecule has 0 aliphatic carbocycles. The second-order valence-electron chi connectivity index (χ2n) is 5.56. The fourth-order valence-electron chi connectivity index (χ4n) is 1.63. The van der Waals surface area contributed by atoms with Crippen LogP contribution in [0.3, 0.4) is 0 Å². The van der Waals surface area contributed by atoms with Crippen molar-refractivity contribution in [1.29, 1.82) is 0 Å². The molecule has 1 unspecified atom stereocenters. The smallest absolute Gasteiger partial charge is 0.407 e. The van der Waals surface area contributed by atoms with E-state index in [9.17, 15) is 9.59 Å². The van der Waals surface area contributed by atoms with Crippen molar-refractivity contribution in [2.24, 2.45) is 11.1 Å². The van der Waals surface area contributed by atoms with Gasteiger partial charge in [-0.25, -0.2) is 9.59 Å². The first-order chi connectivity index (χ1) is 9.79. The monoisotopic (exact) mass is 315 g/mol. The number of ether oxygens (including phenoxy) is 2. The van der Waals surface area contributed by atoms with Gasteiger partial charge in [-0.05, 0) is 5.41 Å². The van der Waals surface area contributed by atoms with Crippen LogP contribution in [0.2, 0.25) is 0 Å². The molecule has 8 heteroatoms. The summed E-state index contributed by atoms with van der Waals surface area (Å²) in [5.74, 6) is 0. The Kier molecular flexibility index (Phi) is 6.41. The first-order valence-electron chi connectivity index (χ1n) is 6.52. The lowest BCUT2D eigenvalue weighted by Gasteiger charge is -2.30. The van der Waals surface area contributed by atoms with E-state index in [0.29, 0.717) is 6.42 Å². The van der Waals surface area contributed by atoms with E-state index in [-0.39, 0.29) is 24.7 Å². The van der Waals surface area contributed by atoms with E-state index < -0.39 is 12.2 Å². The Labute approximate surface area is 127 Å². The Morgan fingerprint density at radius 1 is 1.43 bits per heavy atom. The van der Waals surface area contributed by atoms with Crippen LogP contribution in [0.15, 0.2) is 11.7 Å². The number of aromatic nitrogens is 1. The van der Waals surface area contributed by atoms with Gasteiger partial charge in [0.15, 0.2) is 0 Å². The zero-order valence-corrected chi connectivity index (χ0v) is 13.2. The van der Waals surface area contributed by atoms with Crippen molar-refractivity contribution in [3.05, 3.63) is 16.6 Å². The number of carbonyl (C=O) groups is 2. The third kappa shape index (κ3) is 6.94. The summed E-state index contributed by atoms with van der Waals surface area (Å²) >= 11 is 1.42. The predicted molar refractivity (Wildman–Crippen MR) is 78.8 cm³/mol. The van der Waals surface area contributed by atoms with Crippen molar-refractivity contribution < 1.29 is 19.1 Å². The third-order valence-corrected chi connectivity index (χ3v) is 3.57. The molecule has 0 aromatic carbocycles. The van der Waals surface area contributed by atoms with Crippen LogP contribution in [-0.2, 0) is 16.1 Å². The number of primary amides is 1. The highest BCUT2D eigenvalue weighted by molar-refractivity contribution is 7.09. The zero-order valence-electron chi connectivity index (χ0n) is 12.4. The van der Waals surface area contributed by atoms with Gasteiger partial charge in [-0.3, -0.25) is 4.98 Å². The third-order valence-electron chi connectivity index (χ3n) is 2.82. The lowest BCUT2D eigenvalue weighted by Crippen LogP contribution is -2.44. The van der Waals surface area contributed by atoms with Crippen LogP contribution in [0.5, 0.6) is 0 Å². The molecule has 0 aliphatic heterocycles. The average molecular weight is 315 g/mol. The first kappa shape index (κ1) is 17.2. The number of thiazole rings is 1. The second kappa shape index (κ2) is 7.82. The molecule has 1 heterocycles. The van der Waals surface area contributed by atoms with Gasteiger partial charge in [0.1, 0.15) is 6.61 Å². The highest BCUT2D eigenvalue weighted by Gasteiger charge is 2.27. The number of hydrogen-bond acceptors (Lipinski definition) is 6. The van der Waals surface area contributed by atoms with Gasteiger partial charge >= 0.3 is 12.2 Å². The van der Waals surface area contributed by atoms with E-state index in [1.54, 1.807) is 11.7 Å². The molecule has 1 aromatic heterocycles. The molecule has 1 atom stereocenters. The summed E-state index contributed by atoms with van der Waals surface area (Å²) in [6.07, 6.45) is 0.778. The number of nitrogens with one attached hydrogen (secondary N) is 1. The van der Waals surface area contributed by atoms with Crippen LogP contribution in [0.1, 0.15) is 32.1 Å². The molecule has 7 nitrogen and oxygen atoms in total. The van der Waals surface area contributed by atoms with Gasteiger partial charge in [0.2, 0.25) is 0 Å². The van der Waals surface area contributed by atoms with E-state index in [1.165, 1.54) is 11.3 Å². The molecule has 0 saturated heterocycles. The van der Waals surface area contributed by atoms with Crippen LogP contribution in [0.4, 0.5) is 9.59 Å². The van der Waals surface area contributed by atoms with Crippen LogP contribution >= 0.6 is 11.3 Å². The van der Waals surface area contributed by atoms with Crippen molar-refractivity contribution in [3.63, 3.8) is 0 Å². The molecule has 0 spiro atoms. The molecule has 118 valence electrons. The molecule has 0 saturated carbocycles. The first-order valence-corrected chi connectivity index (χ1v) is 7.40. The largest absolute Gasteiger partial charge is 0.450 e. The molecule has 0 radical (unpaired) electrons. The highest BCUT2D eigenvalue weighted by atomic mass is 32.1. The molecule has 2 amide bonds. The van der Waals surface area contributed by atoms with Crippen molar-refractivity contribution in [3.8, 4) is 0 Å². The summed E-state index contributed by atoms with van der Waals surface area (Å²) in [6.45, 7) is 6.26. The van der Waals surface area contributed by atoms with Crippen LogP contribution < -0.4 is 11.1 Å². The summed E-state index contributed by atoms with van der Waals surface area (Å²) in [5.41, 5.74) is 6.39. The number of amides is 2. The Morgan fingerprint density at radius 2 is 2.14 bits per heavy atom. The molecular weight excluding hydrogens is 294 g/mol. The number of carbonyl (C=O) groups excluding carboxylic acids is 2. The maximum absolute atomic E-state index is 11.8. The topological polar surface area (TPSA) is 104 Å². The summed E-state index contributed by atoms with van der Waals surface area (Å²) < 4.78 is 9.84. The summed E-state index contributed by atoms with van der Waals surface area (Å²) in [7, 11) is 0. The van der Waals surface area contributed by atoms with Crippen molar-refractivity contribution in [2.75, 3.05) is 6.61 Å². The quantitative estimate of drug-likeness (QED) is 0.838. The van der Waals surface area contributed by atoms with Gasteiger partial charge in [-0.15, -0.1) is 11.3 Å². The SMILES string of the molecule is CC(C)(C)C(CCOC(N)=O)NC(=O)OCc1cncs1. The normalized spacial score (nSPS) is 12.5. The van der Waals surface area contributed by atoms with Crippen LogP contribution in [0, 0.1) is 5.41 Å². The number of alkyl carbamates (subject to hydrolysis) is 1. The second-order valence-corrected chi connectivity index (χ2v) is 6.53. The van der Waals surface area contributed by atoms with Crippen molar-refractivity contribution in [1.82, 2.24) is 10.3 Å². The molecule has 3 N–H and O–H groups in total. The Bertz CT molecular complexity index is 456. The summed E-state index contributed by atoms with van der Waals surface area (Å²) in [4.78, 5) is 27.2. The molecule has 1 rings (SSSR count). The fraction of sp³-hybridized carbons (Fsp3) is 0.615. The van der Waals surface area contributed by atoms with Gasteiger partial charge in [0, 0.05) is 18.7 Å². The molecular formula is C13H21N3O4S. The van der Waals surface area contributed by atoms with E-state index in [4.69, 9.17) is 15.2 Å². The zero-order chi connectivity index (χ0) is 15.9. The Hall–Kier alpha value is -1.83. The minimum absolute atomic E-state index is 0.145. The summed E-state index contributed by atoms with van der Waals surface area (Å²) in [5, 5.41) is 2.78. The van der Waals surface area contributed by atoms with Gasteiger partial charge in [-0.1, -0.05) is 20.8 Å². The number of rotatable bonds is 6. The highest BCUT2D eigenvalue weighted by Crippen LogP contribution is 2.22. The van der Waals surface area contributed by atoms with E-state index in [2.05, 4.69) is 10.3 Å². The van der Waals surface area contributed by atoms with Crippen LogP contribution in [-0.4, -0.2) is 29.8 Å². The van der Waals surface area contributed by atoms with E-state index >= 15 is 0 Å². The van der Waals surface area contributed by atoms with Crippen LogP contribution in [0.25, 0.3) is 0 Å². The van der Waals surface area contributed by atoms with E-state index in [0.717, 1.165) is 4.88 Å². The van der Waals surface area contributed by atoms with Gasteiger partial charge in [0.25, 0.3) is 0 Å². The summed E-state index contributed by atoms with van der Waals surface area (Å²) in [6, 6.07) is -0.203. The maximum atomic E-state index is 11.8. The van der Waals surface area contributed by atoms with Gasteiger partial charge in [-0.2, -0.15) is 0 Å². The molecule has 0 fully saturated rings. The minimum atomic E-state index is -0.824. The lowest BCUT2D eigenvalue weighted by atomic mass is 9.85. The lowest BCUT2D eigenvalue weighted by molar-refractivity contribution is 0.114. The number of nitrogens with zero attached hydrogens (tertiary/aromatic N) is 1. The van der Waals surface area contributed by atoms with Gasteiger partial charge in [0.05, 0.1) is 17.0 Å². The fourth-order valence-corrected chi connectivity index (χ4v) is 2.14. The molecule has 1 aromatic rings. The molecule has 0 aliphatic rings.